The van der Waals surface area contributed by atoms with Gasteiger partial charge in [0, 0.05) is 26.2 Å². The molecule has 7 nitrogen and oxygen atoms in total. The van der Waals surface area contributed by atoms with Crippen molar-refractivity contribution in [1.82, 2.24) is 14.3 Å². The number of nitrogens with zero attached hydrogens (tertiary/aromatic N) is 3. The van der Waals surface area contributed by atoms with Gasteiger partial charge in [-0.05, 0) is 20.3 Å². The zero-order chi connectivity index (χ0) is 13.2. The molecular formula is C10H19N5O2. The summed E-state index contributed by atoms with van der Waals surface area (Å²) < 4.78 is 2.15. The lowest BCUT2D eigenvalue weighted by molar-refractivity contribution is 0.577. The van der Waals surface area contributed by atoms with Gasteiger partial charge in [-0.25, -0.2) is 9.48 Å². The Labute approximate surface area is 99.2 Å². The van der Waals surface area contributed by atoms with E-state index in [0.29, 0.717) is 6.42 Å². The summed E-state index contributed by atoms with van der Waals surface area (Å²) in [5.41, 5.74) is 4.80. The van der Waals surface area contributed by atoms with Crippen LogP contribution in [-0.4, -0.2) is 26.4 Å². The highest BCUT2D eigenvalue weighted by Gasteiger charge is 2.12. The van der Waals surface area contributed by atoms with Crippen molar-refractivity contribution in [3.05, 3.63) is 20.8 Å². The van der Waals surface area contributed by atoms with Crippen LogP contribution < -0.4 is 22.3 Å². The van der Waals surface area contributed by atoms with Gasteiger partial charge < -0.3 is 11.1 Å². The second-order valence-corrected chi connectivity index (χ2v) is 4.38. The van der Waals surface area contributed by atoms with Gasteiger partial charge in [0.1, 0.15) is 0 Å². The molecule has 1 aromatic rings. The Morgan fingerprint density at radius 2 is 1.94 bits per heavy atom. The maximum Gasteiger partial charge on any atom is 0.346 e. The summed E-state index contributed by atoms with van der Waals surface area (Å²) in [4.78, 5) is 23.2. The largest absolute Gasteiger partial charge is 0.362 e. The molecule has 0 aromatic carbocycles. The summed E-state index contributed by atoms with van der Waals surface area (Å²) in [6, 6.07) is 0.0570. The molecule has 1 aromatic heterocycles. The lowest BCUT2D eigenvalue weighted by Crippen LogP contribution is -2.41. The van der Waals surface area contributed by atoms with E-state index in [0.717, 1.165) is 9.25 Å². The van der Waals surface area contributed by atoms with Crippen LogP contribution in [0.3, 0.4) is 0 Å². The summed E-state index contributed by atoms with van der Waals surface area (Å²) in [5.74, 6) is 0.169. The van der Waals surface area contributed by atoms with Crippen molar-refractivity contribution in [2.24, 2.45) is 19.8 Å². The fourth-order valence-corrected chi connectivity index (χ4v) is 1.64. The van der Waals surface area contributed by atoms with Gasteiger partial charge in [-0.15, -0.1) is 5.10 Å². The molecule has 0 aliphatic rings. The molecule has 3 N–H and O–H groups in total. The molecule has 0 saturated carbocycles. The van der Waals surface area contributed by atoms with Gasteiger partial charge in [-0.2, -0.15) is 0 Å². The lowest BCUT2D eigenvalue weighted by atomic mass is 10.1. The topological polar surface area (TPSA) is 94.9 Å². The Kier molecular flexibility index (Phi) is 4.06. The Morgan fingerprint density at radius 1 is 1.35 bits per heavy atom. The molecule has 1 rings (SSSR count). The van der Waals surface area contributed by atoms with E-state index >= 15 is 0 Å². The fraction of sp³-hybridized carbons (Fsp3) is 0.700. The van der Waals surface area contributed by atoms with Gasteiger partial charge in [0.25, 0.3) is 5.56 Å². The van der Waals surface area contributed by atoms with Gasteiger partial charge >= 0.3 is 5.69 Å². The third-order valence-corrected chi connectivity index (χ3v) is 2.43. The molecule has 0 spiro atoms. The Morgan fingerprint density at radius 3 is 2.47 bits per heavy atom. The highest BCUT2D eigenvalue weighted by Crippen LogP contribution is 2.00. The summed E-state index contributed by atoms with van der Waals surface area (Å²) in [6.45, 7) is 3.81. The van der Waals surface area contributed by atoms with Crippen molar-refractivity contribution in [3.63, 3.8) is 0 Å². The Bertz CT molecular complexity index is 502. The molecule has 2 unspecified atom stereocenters. The van der Waals surface area contributed by atoms with Crippen molar-refractivity contribution in [2.75, 3.05) is 5.32 Å². The third-order valence-electron chi connectivity index (χ3n) is 2.43. The average Bonchev–Trinajstić information content (AvgIpc) is 2.21. The number of nitrogens with two attached hydrogens (primary N) is 1. The summed E-state index contributed by atoms with van der Waals surface area (Å²) in [7, 11) is 2.93. The molecule has 1 heterocycles. The number of aromatic nitrogens is 3. The first-order valence-electron chi connectivity index (χ1n) is 5.49. The zero-order valence-electron chi connectivity index (χ0n) is 10.6. The standard InChI is InChI=1S/C10H19N5O2/c1-6(11)5-7(2)12-8-9(16)14(3)10(17)15(4)13-8/h6-7H,5,11H2,1-4H3,(H,12,13). The smallest absolute Gasteiger partial charge is 0.346 e. The second kappa shape index (κ2) is 5.13. The van der Waals surface area contributed by atoms with Crippen molar-refractivity contribution in [3.8, 4) is 0 Å². The molecular weight excluding hydrogens is 222 g/mol. The predicted octanol–water partition coefficient (Wildman–Crippen LogP) is -0.983. The summed E-state index contributed by atoms with van der Waals surface area (Å²) in [5, 5.41) is 6.87. The first-order valence-corrected chi connectivity index (χ1v) is 5.49. The molecule has 0 fully saturated rings. The molecule has 0 aliphatic carbocycles. The zero-order valence-corrected chi connectivity index (χ0v) is 10.6. The number of anilines is 1. The number of hydrogen-bond donors (Lipinski definition) is 2. The summed E-state index contributed by atoms with van der Waals surface area (Å²) in [6.07, 6.45) is 0.716. The van der Waals surface area contributed by atoms with Gasteiger partial charge in [0.05, 0.1) is 0 Å². The highest BCUT2D eigenvalue weighted by molar-refractivity contribution is 5.30. The number of hydrogen-bond acceptors (Lipinski definition) is 5. The van der Waals surface area contributed by atoms with Crippen molar-refractivity contribution < 1.29 is 0 Å². The van der Waals surface area contributed by atoms with E-state index in [1.165, 1.54) is 14.1 Å². The Hall–Kier alpha value is -1.63. The highest BCUT2D eigenvalue weighted by atomic mass is 16.2. The molecule has 0 saturated heterocycles. The maximum absolute atomic E-state index is 11.8. The van der Waals surface area contributed by atoms with E-state index in [-0.39, 0.29) is 17.9 Å². The van der Waals surface area contributed by atoms with Crippen LogP contribution in [0, 0.1) is 0 Å². The molecule has 2 atom stereocenters. The van der Waals surface area contributed by atoms with Gasteiger partial charge in [-0.3, -0.25) is 9.36 Å². The minimum Gasteiger partial charge on any atom is -0.362 e. The van der Waals surface area contributed by atoms with E-state index < -0.39 is 11.2 Å². The number of aryl methyl sites for hydroxylation is 1. The SMILES string of the molecule is CC(N)CC(C)Nc1nn(C)c(=O)n(C)c1=O. The number of nitrogens with one attached hydrogen (secondary N) is 1. The minimum absolute atomic E-state index is 0.0210. The van der Waals surface area contributed by atoms with Crippen LogP contribution in [0.25, 0.3) is 0 Å². The molecule has 96 valence electrons. The lowest BCUT2D eigenvalue weighted by Gasteiger charge is -2.16. The molecule has 0 aliphatic heterocycles. The van der Waals surface area contributed by atoms with E-state index in [1.54, 1.807) is 0 Å². The van der Waals surface area contributed by atoms with Crippen LogP contribution in [-0.2, 0) is 14.1 Å². The first kappa shape index (κ1) is 13.4. The van der Waals surface area contributed by atoms with Crippen LogP contribution in [0.2, 0.25) is 0 Å². The van der Waals surface area contributed by atoms with Crippen LogP contribution in [0.4, 0.5) is 5.82 Å². The Balaban J connectivity index is 3.01. The molecule has 17 heavy (non-hydrogen) atoms. The van der Waals surface area contributed by atoms with Gasteiger partial charge in [-0.1, -0.05) is 0 Å². The van der Waals surface area contributed by atoms with Crippen LogP contribution in [0.5, 0.6) is 0 Å². The predicted molar refractivity (Wildman–Crippen MR) is 66.1 cm³/mol. The normalized spacial score (nSPS) is 14.4. The molecule has 0 bridgehead atoms. The average molecular weight is 241 g/mol. The van der Waals surface area contributed by atoms with Gasteiger partial charge in [0.15, 0.2) is 0 Å². The quantitative estimate of drug-likeness (QED) is 0.706. The molecule has 0 amide bonds. The van der Waals surface area contributed by atoms with Crippen molar-refractivity contribution in [2.45, 2.75) is 32.4 Å². The number of rotatable bonds is 4. The van der Waals surface area contributed by atoms with Crippen LogP contribution in [0.15, 0.2) is 9.59 Å². The maximum atomic E-state index is 11.8. The second-order valence-electron chi connectivity index (χ2n) is 4.38. The van der Waals surface area contributed by atoms with E-state index in [2.05, 4.69) is 10.4 Å². The van der Waals surface area contributed by atoms with E-state index in [4.69, 9.17) is 5.73 Å². The van der Waals surface area contributed by atoms with Crippen molar-refractivity contribution >= 4 is 5.82 Å². The van der Waals surface area contributed by atoms with E-state index in [9.17, 15) is 9.59 Å². The summed E-state index contributed by atoms with van der Waals surface area (Å²) >= 11 is 0. The molecule has 0 radical (unpaired) electrons. The van der Waals surface area contributed by atoms with E-state index in [1.807, 2.05) is 13.8 Å². The van der Waals surface area contributed by atoms with Crippen LogP contribution in [0.1, 0.15) is 20.3 Å². The van der Waals surface area contributed by atoms with Crippen molar-refractivity contribution in [1.29, 1.82) is 0 Å². The first-order chi connectivity index (χ1) is 7.82. The van der Waals surface area contributed by atoms with Gasteiger partial charge in [0.2, 0.25) is 5.82 Å². The van der Waals surface area contributed by atoms with Crippen LogP contribution >= 0.6 is 0 Å². The minimum atomic E-state index is -0.444. The molecule has 7 heteroatoms. The monoisotopic (exact) mass is 241 g/mol. The fourth-order valence-electron chi connectivity index (χ4n) is 1.64. The third kappa shape index (κ3) is 3.16.